The van der Waals surface area contributed by atoms with Crippen molar-refractivity contribution in [3.63, 3.8) is 0 Å². The summed E-state index contributed by atoms with van der Waals surface area (Å²) in [7, 11) is 0. The van der Waals surface area contributed by atoms with E-state index < -0.39 is 0 Å². The summed E-state index contributed by atoms with van der Waals surface area (Å²) in [6.07, 6.45) is 7.13. The van der Waals surface area contributed by atoms with Crippen LogP contribution in [0.1, 0.15) is 40.5 Å². The molecule has 0 saturated heterocycles. The second-order valence-corrected chi connectivity index (χ2v) is 5.91. The quantitative estimate of drug-likeness (QED) is 0.554. The first kappa shape index (κ1) is 18.3. The summed E-state index contributed by atoms with van der Waals surface area (Å²) in [5.41, 5.74) is 2.04. The first-order valence-electron chi connectivity index (χ1n) is 5.14. The Bertz CT molecular complexity index is 256. The summed E-state index contributed by atoms with van der Waals surface area (Å²) in [5.74, 6) is 0.741. The van der Waals surface area contributed by atoms with Crippen molar-refractivity contribution in [3.05, 3.63) is 21.0 Å². The van der Waals surface area contributed by atoms with Crippen molar-refractivity contribution in [1.82, 2.24) is 0 Å². The molecule has 1 rings (SSSR count). The maximum absolute atomic E-state index is 2.41. The maximum Gasteiger partial charge on any atom is -1.00 e. The van der Waals surface area contributed by atoms with E-state index in [1.165, 1.54) is 12.8 Å². The molecular weight excluding hydrogens is 306 g/mol. The molecule has 1 atom stereocenters. The van der Waals surface area contributed by atoms with Crippen LogP contribution in [0.25, 0.3) is 0 Å². The molecule has 0 spiro atoms. The van der Waals surface area contributed by atoms with E-state index in [1.807, 2.05) is 0 Å². The largest absolute Gasteiger partial charge is 1.00 e. The Morgan fingerprint density at radius 3 is 2.20 bits per heavy atom. The number of hydrogen-bond acceptors (Lipinski definition) is 0. The van der Waals surface area contributed by atoms with Crippen molar-refractivity contribution in [1.29, 1.82) is 0 Å². The van der Waals surface area contributed by atoms with Crippen molar-refractivity contribution < 1.29 is 49.5 Å². The Labute approximate surface area is 122 Å². The van der Waals surface area contributed by atoms with Crippen LogP contribution in [0, 0.1) is 11.3 Å². The fraction of sp³-hybridized carbons (Fsp3) is 0.667. The van der Waals surface area contributed by atoms with Gasteiger partial charge in [0.15, 0.2) is 0 Å². The summed E-state index contributed by atoms with van der Waals surface area (Å²) in [6, 6.07) is 0. The third-order valence-corrected chi connectivity index (χ3v) is 4.72. The number of rotatable bonds is 3. The maximum atomic E-state index is 2.41. The zero-order valence-electron chi connectivity index (χ0n) is 9.90. The Balaban J connectivity index is 0. The topological polar surface area (TPSA) is 0 Å². The molecule has 1 aliphatic carbocycles. The summed E-state index contributed by atoms with van der Waals surface area (Å²) < 4.78 is 1.66. The summed E-state index contributed by atoms with van der Waals surface area (Å²) in [6.45, 7) is 9.40. The minimum absolute atomic E-state index is 0. The molecule has 0 aromatic carbocycles. The van der Waals surface area contributed by atoms with Crippen LogP contribution in [0.3, 0.4) is 0 Å². The van der Waals surface area contributed by atoms with Gasteiger partial charge in [-0.1, -0.05) is 0 Å². The predicted octanol–water partition coefficient (Wildman–Crippen LogP) is -2.17. The molecule has 0 radical (unpaired) electrons. The van der Waals surface area contributed by atoms with Crippen molar-refractivity contribution in [2.24, 2.45) is 11.3 Å². The van der Waals surface area contributed by atoms with Gasteiger partial charge in [-0.05, 0) is 0 Å². The molecule has 0 aromatic rings. The van der Waals surface area contributed by atoms with E-state index in [0.717, 1.165) is 5.92 Å². The van der Waals surface area contributed by atoms with Crippen LogP contribution in [0.4, 0.5) is 0 Å². The van der Waals surface area contributed by atoms with Gasteiger partial charge >= 0.3 is 97.6 Å². The van der Waals surface area contributed by atoms with Gasteiger partial charge in [0.05, 0.1) is 0 Å². The van der Waals surface area contributed by atoms with Crippen LogP contribution in [0.2, 0.25) is 0 Å². The van der Waals surface area contributed by atoms with Gasteiger partial charge in [0.1, 0.15) is 0 Å². The summed E-state index contributed by atoms with van der Waals surface area (Å²) in [5, 5.41) is 0. The minimum atomic E-state index is 0. The molecule has 0 N–H and O–H groups in total. The van der Waals surface area contributed by atoms with E-state index in [2.05, 4.69) is 39.8 Å². The van der Waals surface area contributed by atoms with Crippen molar-refractivity contribution >= 4 is 0 Å². The van der Waals surface area contributed by atoms with Crippen molar-refractivity contribution in [3.8, 4) is 0 Å². The predicted molar refractivity (Wildman–Crippen MR) is 54.0 cm³/mol. The van der Waals surface area contributed by atoms with Gasteiger partial charge in [-0.2, -0.15) is 0 Å². The number of allylic oxidation sites excluding steroid dienone is 4. The second kappa shape index (κ2) is 7.30. The SMILES string of the molecule is CCC(C)(C1=[C]([Zr+2])CC=C1)C(C)C.[Cl-].[Cl-]. The summed E-state index contributed by atoms with van der Waals surface area (Å²) in [4.78, 5) is 0. The summed E-state index contributed by atoms with van der Waals surface area (Å²) >= 11 is 1.60. The third kappa shape index (κ3) is 3.72. The molecule has 0 heterocycles. The van der Waals surface area contributed by atoms with Crippen LogP contribution in [0.5, 0.6) is 0 Å². The van der Waals surface area contributed by atoms with Crippen molar-refractivity contribution in [2.75, 3.05) is 0 Å². The molecule has 0 aromatic heterocycles. The number of halogens is 2. The van der Waals surface area contributed by atoms with E-state index >= 15 is 0 Å². The van der Waals surface area contributed by atoms with Gasteiger partial charge in [-0.25, -0.2) is 0 Å². The van der Waals surface area contributed by atoms with Gasteiger partial charge in [0, 0.05) is 0 Å². The normalized spacial score (nSPS) is 18.6. The Morgan fingerprint density at radius 1 is 1.40 bits per heavy atom. The van der Waals surface area contributed by atoms with Crippen LogP contribution in [-0.4, -0.2) is 0 Å². The van der Waals surface area contributed by atoms with Gasteiger partial charge in [0.2, 0.25) is 0 Å². The average molecular weight is 325 g/mol. The van der Waals surface area contributed by atoms with Gasteiger partial charge in [-0.3, -0.25) is 0 Å². The molecule has 85 valence electrons. The first-order valence-corrected chi connectivity index (χ1v) is 6.37. The second-order valence-electron chi connectivity index (χ2n) is 4.42. The van der Waals surface area contributed by atoms with Gasteiger partial charge in [0.25, 0.3) is 0 Å². The average Bonchev–Trinajstić information content (AvgIpc) is 2.50. The fourth-order valence-corrected chi connectivity index (χ4v) is 3.15. The molecule has 1 unspecified atom stereocenters. The molecule has 3 heteroatoms. The zero-order chi connectivity index (χ0) is 10.1. The molecule has 0 aliphatic heterocycles. The minimum Gasteiger partial charge on any atom is -1.00 e. The molecule has 0 saturated carbocycles. The van der Waals surface area contributed by atoms with E-state index in [9.17, 15) is 0 Å². The molecule has 1 aliphatic rings. The molecule has 0 fully saturated rings. The van der Waals surface area contributed by atoms with Crippen LogP contribution in [-0.2, 0) is 24.7 Å². The van der Waals surface area contributed by atoms with E-state index in [1.54, 1.807) is 33.6 Å². The van der Waals surface area contributed by atoms with Crippen LogP contribution >= 0.6 is 0 Å². The Kier molecular flexibility index (Phi) is 8.92. The molecule has 0 amide bonds. The van der Waals surface area contributed by atoms with Crippen LogP contribution < -0.4 is 24.8 Å². The standard InChI is InChI=1S/C12H19.2ClH.Zr/c1-5-12(4,10(2)3)11-8-6-7-9-11;;;/h6,8,10H,5,7H2,1-4H3;2*1H;/q;;;+2/p-2. The molecule has 15 heavy (non-hydrogen) atoms. The van der Waals surface area contributed by atoms with E-state index in [4.69, 9.17) is 0 Å². The Morgan fingerprint density at radius 2 is 1.93 bits per heavy atom. The zero-order valence-corrected chi connectivity index (χ0v) is 13.9. The van der Waals surface area contributed by atoms with Gasteiger partial charge < -0.3 is 24.8 Å². The number of hydrogen-bond donors (Lipinski definition) is 0. The third-order valence-electron chi connectivity index (χ3n) is 3.56. The molecule has 0 nitrogen and oxygen atoms in total. The van der Waals surface area contributed by atoms with Crippen molar-refractivity contribution in [2.45, 2.75) is 40.5 Å². The monoisotopic (exact) mass is 323 g/mol. The van der Waals surface area contributed by atoms with E-state index in [0.29, 0.717) is 5.41 Å². The molecular formula is C12H19Cl2Zr. The Hall–Kier alpha value is 0.943. The van der Waals surface area contributed by atoms with Gasteiger partial charge in [-0.15, -0.1) is 0 Å². The van der Waals surface area contributed by atoms with Crippen LogP contribution in [0.15, 0.2) is 21.0 Å². The van der Waals surface area contributed by atoms with E-state index in [-0.39, 0.29) is 24.8 Å². The first-order chi connectivity index (χ1) is 6.02. The molecule has 0 bridgehead atoms. The fourth-order valence-electron chi connectivity index (χ4n) is 1.95. The smallest absolute Gasteiger partial charge is 1.00 e.